The molecule has 0 aromatic heterocycles. The molecule has 0 bridgehead atoms. The molecule has 0 amide bonds. The van der Waals surface area contributed by atoms with Gasteiger partial charge in [-0.1, -0.05) is 28.7 Å². The Morgan fingerprint density at radius 2 is 2.55 bits per heavy atom. The summed E-state index contributed by atoms with van der Waals surface area (Å²) in [5, 5.41) is 0.280. The number of rotatable bonds is 1. The average molecular weight is 224 g/mol. The molecule has 2 atom stereocenters. The van der Waals surface area contributed by atoms with E-state index >= 15 is 0 Å². The average Bonchev–Trinajstić information content (AvgIpc) is 2.05. The fourth-order valence-electron chi connectivity index (χ4n) is 0.720. The van der Waals surface area contributed by atoms with Gasteiger partial charge in [-0.05, 0) is 18.2 Å². The molecule has 1 aliphatic heterocycles. The van der Waals surface area contributed by atoms with Gasteiger partial charge in [-0.15, -0.1) is 6.42 Å². The molecule has 0 saturated carbocycles. The lowest BCUT2D eigenvalue weighted by molar-refractivity contribution is 0.480. The van der Waals surface area contributed by atoms with E-state index in [2.05, 4.69) is 5.92 Å². The van der Waals surface area contributed by atoms with Crippen molar-refractivity contribution in [2.24, 2.45) is 0 Å². The van der Waals surface area contributed by atoms with Gasteiger partial charge >= 0.3 is 0 Å². The Hall–Kier alpha value is 0.870. The minimum atomic E-state index is -1.64. The zero-order valence-corrected chi connectivity index (χ0v) is 9.49. The van der Waals surface area contributed by atoms with Crippen LogP contribution in [0.5, 0.6) is 0 Å². The zero-order chi connectivity index (χ0) is 8.32. The van der Waals surface area contributed by atoms with Crippen molar-refractivity contribution in [1.82, 2.24) is 0 Å². The van der Waals surface area contributed by atoms with Gasteiger partial charge < -0.3 is 4.52 Å². The fourth-order valence-corrected chi connectivity index (χ4v) is 9.22. The Morgan fingerprint density at radius 3 is 3.09 bits per heavy atom. The molecule has 5 heteroatoms. The van der Waals surface area contributed by atoms with E-state index in [-0.39, 0.29) is 5.25 Å². The van der Waals surface area contributed by atoms with Crippen molar-refractivity contribution >= 4 is 39.2 Å². The Labute approximate surface area is 80.6 Å². The van der Waals surface area contributed by atoms with Crippen LogP contribution in [0, 0.1) is 12.3 Å². The molecular weight excluding hydrogens is 215 g/mol. The lowest BCUT2D eigenvalue weighted by Gasteiger charge is -2.26. The van der Waals surface area contributed by atoms with Gasteiger partial charge in [-0.25, -0.2) is 0 Å². The number of hydrogen-bond donors (Lipinski definition) is 0. The molecule has 0 radical (unpaired) electrons. The van der Waals surface area contributed by atoms with Gasteiger partial charge in [0.05, 0.1) is 5.25 Å². The highest BCUT2D eigenvalue weighted by molar-refractivity contribution is 8.99. The second-order valence-electron chi connectivity index (χ2n) is 2.01. The van der Waals surface area contributed by atoms with Gasteiger partial charge in [0.15, 0.2) is 4.67 Å². The molecule has 1 aliphatic rings. The maximum atomic E-state index is 5.32. The third-order valence-corrected chi connectivity index (χ3v) is 11.2. The topological polar surface area (TPSA) is 9.23 Å². The quantitative estimate of drug-likeness (QED) is 0.500. The van der Waals surface area contributed by atoms with Crippen LogP contribution < -0.4 is 0 Å². The fraction of sp³-hybridized carbons (Fsp3) is 0.667. The number of terminal acetylenes is 1. The van der Waals surface area contributed by atoms with Crippen molar-refractivity contribution in [1.29, 1.82) is 0 Å². The molecule has 1 rings (SSSR count). The second-order valence-corrected chi connectivity index (χ2v) is 12.8. The minimum Gasteiger partial charge on any atom is -0.337 e. The molecule has 1 nitrogen and oxygen atoms in total. The van der Waals surface area contributed by atoms with Crippen LogP contribution in [0.3, 0.4) is 0 Å². The van der Waals surface area contributed by atoms with Gasteiger partial charge in [0.1, 0.15) is 0 Å². The van der Waals surface area contributed by atoms with E-state index < -0.39 is 4.67 Å². The lowest BCUT2D eigenvalue weighted by Crippen LogP contribution is -2.04. The highest BCUT2D eigenvalue weighted by Gasteiger charge is 2.27. The smallest absolute Gasteiger partial charge is 0.175 e. The second kappa shape index (κ2) is 4.20. The largest absolute Gasteiger partial charge is 0.337 e. The Balaban J connectivity index is 2.61. The molecule has 11 heavy (non-hydrogen) atoms. The van der Waals surface area contributed by atoms with Gasteiger partial charge in [0, 0.05) is 12.9 Å². The van der Waals surface area contributed by atoms with E-state index in [1.165, 1.54) is 0 Å². The molecule has 0 N–H and O–H groups in total. The third kappa shape index (κ3) is 2.68. The van der Waals surface area contributed by atoms with Crippen molar-refractivity contribution in [3.63, 3.8) is 0 Å². The van der Waals surface area contributed by atoms with Crippen molar-refractivity contribution in [2.45, 2.75) is 11.7 Å². The first-order valence-electron chi connectivity index (χ1n) is 3.15. The first-order chi connectivity index (χ1) is 5.20. The van der Waals surface area contributed by atoms with Crippen LogP contribution in [0.2, 0.25) is 0 Å². The van der Waals surface area contributed by atoms with Gasteiger partial charge in [-0.2, -0.15) is 0 Å². The van der Waals surface area contributed by atoms with Crippen LogP contribution in [-0.4, -0.2) is 18.1 Å². The van der Waals surface area contributed by atoms with E-state index in [0.29, 0.717) is 0 Å². The van der Waals surface area contributed by atoms with Crippen molar-refractivity contribution < 1.29 is 4.52 Å². The van der Waals surface area contributed by atoms with Crippen LogP contribution >= 0.6 is 27.4 Å². The van der Waals surface area contributed by atoms with Crippen LogP contribution in [0.1, 0.15) is 6.42 Å². The summed E-state index contributed by atoms with van der Waals surface area (Å²) >= 11 is 8.74. The Bertz CT molecular complexity index is 222. The lowest BCUT2D eigenvalue weighted by atomic mass is 10.3. The third-order valence-electron chi connectivity index (χ3n) is 1.30. The normalized spacial score (nSPS) is 38.0. The van der Waals surface area contributed by atoms with Gasteiger partial charge in [0.25, 0.3) is 0 Å². The Morgan fingerprint density at radius 1 is 1.82 bits per heavy atom. The van der Waals surface area contributed by atoms with E-state index in [0.717, 1.165) is 12.2 Å². The highest BCUT2D eigenvalue weighted by Crippen LogP contribution is 2.73. The van der Waals surface area contributed by atoms with Crippen LogP contribution in [0.4, 0.5) is 0 Å². The number of hydrogen-bond acceptors (Lipinski definition) is 4. The molecule has 1 heterocycles. The summed E-state index contributed by atoms with van der Waals surface area (Å²) in [5.74, 6) is 3.77. The maximum absolute atomic E-state index is 5.32. The standard InChI is InChI=1S/C6H9OPS3/c1-3-6-4-5-10-8(9,7-2)11-6/h1,6H,4-5H2,2H3. The Kier molecular flexibility index (Phi) is 3.80. The summed E-state index contributed by atoms with van der Waals surface area (Å²) in [5.41, 5.74) is 0. The summed E-state index contributed by atoms with van der Waals surface area (Å²) in [6.07, 6.45) is 6.38. The first-order valence-corrected chi connectivity index (χ1v) is 8.94. The summed E-state index contributed by atoms with van der Waals surface area (Å²) < 4.78 is 3.62. The minimum absolute atomic E-state index is 0.280. The van der Waals surface area contributed by atoms with Crippen LogP contribution in [0.25, 0.3) is 0 Å². The monoisotopic (exact) mass is 224 g/mol. The summed E-state index contributed by atoms with van der Waals surface area (Å²) in [6, 6.07) is 0. The summed E-state index contributed by atoms with van der Waals surface area (Å²) in [6.45, 7) is 0. The van der Waals surface area contributed by atoms with E-state index in [4.69, 9.17) is 22.8 Å². The molecule has 0 aromatic rings. The molecule has 1 saturated heterocycles. The van der Waals surface area contributed by atoms with E-state index in [1.807, 2.05) is 0 Å². The zero-order valence-electron chi connectivity index (χ0n) is 6.15. The first kappa shape index (κ1) is 9.95. The molecule has 1 fully saturated rings. The van der Waals surface area contributed by atoms with Crippen LogP contribution in [-0.2, 0) is 16.3 Å². The summed E-state index contributed by atoms with van der Waals surface area (Å²) in [4.78, 5) is 0. The molecule has 2 unspecified atom stereocenters. The van der Waals surface area contributed by atoms with Gasteiger partial charge in [-0.3, -0.25) is 0 Å². The van der Waals surface area contributed by atoms with Crippen molar-refractivity contribution in [3.8, 4) is 12.3 Å². The summed E-state index contributed by atoms with van der Waals surface area (Å²) in [7, 11) is 1.68. The molecule has 0 aliphatic carbocycles. The van der Waals surface area contributed by atoms with Crippen LogP contribution in [0.15, 0.2) is 0 Å². The van der Waals surface area contributed by atoms with Crippen molar-refractivity contribution in [3.05, 3.63) is 0 Å². The molecule has 0 spiro atoms. The molecule has 62 valence electrons. The van der Waals surface area contributed by atoms with Gasteiger partial charge in [0.2, 0.25) is 0 Å². The van der Waals surface area contributed by atoms with Crippen molar-refractivity contribution in [2.75, 3.05) is 12.9 Å². The SMILES string of the molecule is C#CC1CCSP(=S)(OC)S1. The predicted molar refractivity (Wildman–Crippen MR) is 58.6 cm³/mol. The molecule has 0 aromatic carbocycles. The maximum Gasteiger partial charge on any atom is 0.175 e. The van der Waals surface area contributed by atoms with E-state index in [9.17, 15) is 0 Å². The predicted octanol–water partition coefficient (Wildman–Crippen LogP) is 2.73. The molecular formula is C6H9OPS3. The highest BCUT2D eigenvalue weighted by atomic mass is 33.2. The van der Waals surface area contributed by atoms with E-state index in [1.54, 1.807) is 29.9 Å².